The fourth-order valence-electron chi connectivity index (χ4n) is 1.18. The number of imidazole rings is 1. The molecule has 1 unspecified atom stereocenters. The first-order chi connectivity index (χ1) is 6.27. The van der Waals surface area contributed by atoms with Gasteiger partial charge in [-0.05, 0) is 22.4 Å². The zero-order valence-electron chi connectivity index (χ0n) is 7.21. The highest BCUT2D eigenvalue weighted by atomic mass is 32.1. The first-order valence-corrected chi connectivity index (χ1v) is 4.89. The zero-order valence-corrected chi connectivity index (χ0v) is 8.03. The van der Waals surface area contributed by atoms with Crippen LogP contribution in [0.5, 0.6) is 0 Å². The smallest absolute Gasteiger partial charge is 0.123 e. The summed E-state index contributed by atoms with van der Waals surface area (Å²) in [6.45, 7) is 0. The quantitative estimate of drug-likeness (QED) is 0.788. The lowest BCUT2D eigenvalue weighted by Crippen LogP contribution is -1.97. The largest absolute Gasteiger partial charge is 0.382 e. The van der Waals surface area contributed by atoms with Crippen LogP contribution in [0.4, 0.5) is 0 Å². The lowest BCUT2D eigenvalue weighted by Gasteiger charge is -2.03. The van der Waals surface area contributed by atoms with Gasteiger partial charge in [0, 0.05) is 13.2 Å². The highest BCUT2D eigenvalue weighted by molar-refractivity contribution is 7.07. The molecule has 0 amide bonds. The molecule has 2 heterocycles. The number of hydrogen-bond acceptors (Lipinski definition) is 3. The summed E-state index contributed by atoms with van der Waals surface area (Å²) in [5.41, 5.74) is 1.60. The molecule has 2 aromatic rings. The molecular weight excluding hydrogens is 184 g/mol. The normalized spacial score (nSPS) is 13.1. The van der Waals surface area contributed by atoms with Crippen LogP contribution in [0.3, 0.4) is 0 Å². The van der Waals surface area contributed by atoms with Crippen molar-refractivity contribution in [2.24, 2.45) is 7.05 Å². The first-order valence-electron chi connectivity index (χ1n) is 3.95. The summed E-state index contributed by atoms with van der Waals surface area (Å²) in [7, 11) is 1.89. The van der Waals surface area contributed by atoms with Crippen LogP contribution >= 0.6 is 11.3 Å². The van der Waals surface area contributed by atoms with Crippen molar-refractivity contribution in [1.29, 1.82) is 0 Å². The molecule has 3 nitrogen and oxygen atoms in total. The molecule has 0 aliphatic rings. The molecule has 0 aromatic carbocycles. The van der Waals surface area contributed by atoms with Gasteiger partial charge in [0.15, 0.2) is 0 Å². The molecule has 0 radical (unpaired) electrons. The second-order valence-corrected chi connectivity index (χ2v) is 3.70. The van der Waals surface area contributed by atoms with Crippen LogP contribution in [0.2, 0.25) is 0 Å². The predicted molar refractivity (Wildman–Crippen MR) is 51.6 cm³/mol. The second-order valence-electron chi connectivity index (χ2n) is 2.92. The van der Waals surface area contributed by atoms with Gasteiger partial charge >= 0.3 is 0 Å². The van der Waals surface area contributed by atoms with E-state index in [0.717, 1.165) is 5.56 Å². The SMILES string of the molecule is Cn1cnc(C(O)c2ccsc2)c1. The van der Waals surface area contributed by atoms with Crippen LogP contribution in [0.15, 0.2) is 29.4 Å². The van der Waals surface area contributed by atoms with E-state index in [0.29, 0.717) is 5.69 Å². The standard InChI is InChI=1S/C9H10N2OS/c1-11-4-8(10-6-11)9(12)7-2-3-13-5-7/h2-6,9,12H,1H3. The van der Waals surface area contributed by atoms with E-state index in [1.807, 2.05) is 34.6 Å². The number of nitrogens with zero attached hydrogens (tertiary/aromatic N) is 2. The molecule has 1 atom stereocenters. The third-order valence-electron chi connectivity index (χ3n) is 1.86. The molecule has 0 spiro atoms. The van der Waals surface area contributed by atoms with E-state index < -0.39 is 6.10 Å². The van der Waals surface area contributed by atoms with Crippen molar-refractivity contribution in [3.05, 3.63) is 40.6 Å². The van der Waals surface area contributed by atoms with Crippen LogP contribution in [0, 0.1) is 0 Å². The number of aliphatic hydroxyl groups is 1. The molecule has 4 heteroatoms. The lowest BCUT2D eigenvalue weighted by atomic mass is 10.1. The minimum atomic E-state index is -0.590. The zero-order chi connectivity index (χ0) is 9.26. The minimum Gasteiger partial charge on any atom is -0.382 e. The van der Waals surface area contributed by atoms with Crippen molar-refractivity contribution in [3.8, 4) is 0 Å². The molecule has 0 bridgehead atoms. The Balaban J connectivity index is 2.28. The van der Waals surface area contributed by atoms with Crippen LogP contribution in [0.25, 0.3) is 0 Å². The summed E-state index contributed by atoms with van der Waals surface area (Å²) in [4.78, 5) is 4.09. The minimum absolute atomic E-state index is 0.590. The summed E-state index contributed by atoms with van der Waals surface area (Å²) in [6.07, 6.45) is 2.92. The van der Waals surface area contributed by atoms with Crippen molar-refractivity contribution < 1.29 is 5.11 Å². The number of aromatic nitrogens is 2. The maximum Gasteiger partial charge on any atom is 0.123 e. The molecule has 68 valence electrons. The predicted octanol–water partition coefficient (Wildman–Crippen LogP) is 1.56. The number of thiophene rings is 1. The van der Waals surface area contributed by atoms with E-state index in [9.17, 15) is 5.11 Å². The Hall–Kier alpha value is -1.13. The van der Waals surface area contributed by atoms with Crippen LogP contribution < -0.4 is 0 Å². The average molecular weight is 194 g/mol. The van der Waals surface area contributed by atoms with Crippen molar-refractivity contribution in [2.75, 3.05) is 0 Å². The summed E-state index contributed by atoms with van der Waals surface area (Å²) in [5, 5.41) is 13.7. The van der Waals surface area contributed by atoms with Gasteiger partial charge in [0.1, 0.15) is 6.10 Å². The highest BCUT2D eigenvalue weighted by Crippen LogP contribution is 2.21. The van der Waals surface area contributed by atoms with Gasteiger partial charge < -0.3 is 9.67 Å². The molecule has 0 saturated carbocycles. The number of aliphatic hydroxyl groups excluding tert-OH is 1. The van der Waals surface area contributed by atoms with Crippen molar-refractivity contribution in [1.82, 2.24) is 9.55 Å². The molecule has 0 fully saturated rings. The molecule has 2 rings (SSSR count). The van der Waals surface area contributed by atoms with E-state index in [4.69, 9.17) is 0 Å². The van der Waals surface area contributed by atoms with Gasteiger partial charge in [0.05, 0.1) is 12.0 Å². The number of aryl methyl sites for hydroxylation is 1. The molecule has 0 saturated heterocycles. The molecular formula is C9H10N2OS. The average Bonchev–Trinajstić information content (AvgIpc) is 2.72. The summed E-state index contributed by atoms with van der Waals surface area (Å²) in [5.74, 6) is 0. The van der Waals surface area contributed by atoms with Gasteiger partial charge in [-0.3, -0.25) is 0 Å². The van der Waals surface area contributed by atoms with Gasteiger partial charge in [-0.1, -0.05) is 0 Å². The monoisotopic (exact) mass is 194 g/mol. The first kappa shape index (κ1) is 8.47. The third kappa shape index (κ3) is 1.64. The van der Waals surface area contributed by atoms with Crippen molar-refractivity contribution in [3.63, 3.8) is 0 Å². The summed E-state index contributed by atoms with van der Waals surface area (Å²) >= 11 is 1.57. The van der Waals surface area contributed by atoms with Crippen LogP contribution in [-0.4, -0.2) is 14.7 Å². The Labute approximate surface area is 80.3 Å². The maximum atomic E-state index is 9.82. The van der Waals surface area contributed by atoms with Gasteiger partial charge in [-0.2, -0.15) is 11.3 Å². The topological polar surface area (TPSA) is 38.0 Å². The molecule has 0 aliphatic heterocycles. The van der Waals surface area contributed by atoms with Gasteiger partial charge in [0.2, 0.25) is 0 Å². The Morgan fingerprint density at radius 3 is 3.00 bits per heavy atom. The van der Waals surface area contributed by atoms with Gasteiger partial charge in [-0.25, -0.2) is 4.98 Å². The van der Waals surface area contributed by atoms with E-state index >= 15 is 0 Å². The molecule has 0 aliphatic carbocycles. The van der Waals surface area contributed by atoms with Crippen LogP contribution in [-0.2, 0) is 7.05 Å². The molecule has 2 aromatic heterocycles. The van der Waals surface area contributed by atoms with Gasteiger partial charge in [0.25, 0.3) is 0 Å². The number of rotatable bonds is 2. The Morgan fingerprint density at radius 1 is 1.62 bits per heavy atom. The maximum absolute atomic E-state index is 9.82. The summed E-state index contributed by atoms with van der Waals surface area (Å²) in [6, 6.07) is 1.91. The van der Waals surface area contributed by atoms with Crippen molar-refractivity contribution >= 4 is 11.3 Å². The lowest BCUT2D eigenvalue weighted by molar-refractivity contribution is 0.216. The van der Waals surface area contributed by atoms with Crippen molar-refractivity contribution in [2.45, 2.75) is 6.10 Å². The fourth-order valence-corrected chi connectivity index (χ4v) is 1.85. The highest BCUT2D eigenvalue weighted by Gasteiger charge is 2.12. The van der Waals surface area contributed by atoms with E-state index in [2.05, 4.69) is 4.98 Å². The van der Waals surface area contributed by atoms with E-state index in [1.54, 1.807) is 17.7 Å². The molecule has 13 heavy (non-hydrogen) atoms. The fraction of sp³-hybridized carbons (Fsp3) is 0.222. The third-order valence-corrected chi connectivity index (χ3v) is 2.57. The van der Waals surface area contributed by atoms with E-state index in [-0.39, 0.29) is 0 Å². The van der Waals surface area contributed by atoms with E-state index in [1.165, 1.54) is 0 Å². The van der Waals surface area contributed by atoms with Crippen LogP contribution in [0.1, 0.15) is 17.4 Å². The molecule has 1 N–H and O–H groups in total. The van der Waals surface area contributed by atoms with Gasteiger partial charge in [-0.15, -0.1) is 0 Å². The number of hydrogen-bond donors (Lipinski definition) is 1. The Bertz CT molecular complexity index is 380. The summed E-state index contributed by atoms with van der Waals surface area (Å²) < 4.78 is 1.82. The Kier molecular flexibility index (Phi) is 2.16. The Morgan fingerprint density at radius 2 is 2.46 bits per heavy atom. The second kappa shape index (κ2) is 3.32.